The van der Waals surface area contributed by atoms with Crippen LogP contribution in [0.15, 0.2) is 91.0 Å². The summed E-state index contributed by atoms with van der Waals surface area (Å²) < 4.78 is 0. The van der Waals surface area contributed by atoms with Gasteiger partial charge in [0, 0.05) is 22.9 Å². The van der Waals surface area contributed by atoms with Gasteiger partial charge in [-0.2, -0.15) is 0 Å². The molecule has 1 amide bonds. The number of nitrogens with zero attached hydrogens (tertiary/aromatic N) is 1. The fraction of sp³-hybridized carbons (Fsp3) is 0.111. The van der Waals surface area contributed by atoms with Gasteiger partial charge in [0.25, 0.3) is 5.91 Å². The van der Waals surface area contributed by atoms with E-state index < -0.39 is 0 Å². The van der Waals surface area contributed by atoms with Crippen molar-refractivity contribution in [1.29, 1.82) is 0 Å². The molecule has 1 aliphatic rings. The van der Waals surface area contributed by atoms with Crippen molar-refractivity contribution in [3.8, 4) is 0 Å². The second kappa shape index (κ2) is 7.27. The summed E-state index contributed by atoms with van der Waals surface area (Å²) in [6, 6.07) is 28.9. The number of fused-ring (bicyclic) bond motifs is 2. The Morgan fingerprint density at radius 3 is 2.40 bits per heavy atom. The molecule has 4 aromatic rings. The fourth-order valence-electron chi connectivity index (χ4n) is 4.42. The molecule has 0 fully saturated rings. The smallest absolute Gasteiger partial charge is 0.259 e. The molecule has 0 N–H and O–H groups in total. The highest BCUT2D eigenvalue weighted by molar-refractivity contribution is 6.15. The van der Waals surface area contributed by atoms with Crippen LogP contribution in [0.1, 0.15) is 44.3 Å². The normalized spacial score (nSPS) is 15.4. The summed E-state index contributed by atoms with van der Waals surface area (Å²) in [7, 11) is 0. The van der Waals surface area contributed by atoms with Crippen LogP contribution < -0.4 is 4.90 Å². The van der Waals surface area contributed by atoms with E-state index in [1.165, 1.54) is 0 Å². The SMILES string of the molecule is Cc1cc(N2C(=O)c3ccccc3C2CC(=O)c2ccccc2)c2ccccc2c1. The molecular formula is C27H21NO2. The first-order chi connectivity index (χ1) is 14.6. The summed E-state index contributed by atoms with van der Waals surface area (Å²) in [5.41, 5.74) is 4.20. The summed E-state index contributed by atoms with van der Waals surface area (Å²) >= 11 is 0. The zero-order valence-electron chi connectivity index (χ0n) is 16.7. The first kappa shape index (κ1) is 18.3. The minimum atomic E-state index is -0.327. The first-order valence-electron chi connectivity index (χ1n) is 10.1. The number of hydrogen-bond acceptors (Lipinski definition) is 2. The average Bonchev–Trinajstić information content (AvgIpc) is 3.05. The zero-order chi connectivity index (χ0) is 20.7. The summed E-state index contributed by atoms with van der Waals surface area (Å²) in [4.78, 5) is 28.4. The third kappa shape index (κ3) is 3.00. The third-order valence-electron chi connectivity index (χ3n) is 5.80. The molecule has 5 rings (SSSR count). The Bertz CT molecular complexity index is 1280. The lowest BCUT2D eigenvalue weighted by molar-refractivity contribution is 0.0960. The number of rotatable bonds is 4. The number of Topliss-reactive ketones (excluding diaryl/α,β-unsaturated/α-hetero) is 1. The van der Waals surface area contributed by atoms with E-state index >= 15 is 0 Å². The average molecular weight is 391 g/mol. The standard InChI is InChI=1S/C27H21NO2/c1-18-15-20-11-5-6-12-21(20)24(16-18)28-25(17-26(29)19-9-3-2-4-10-19)22-13-7-8-14-23(22)27(28)30/h2-16,25H,17H2,1H3. The lowest BCUT2D eigenvalue weighted by Gasteiger charge is -2.27. The number of carbonyl (C=O) groups excluding carboxylic acids is 2. The van der Waals surface area contributed by atoms with Gasteiger partial charge in [0.05, 0.1) is 11.7 Å². The van der Waals surface area contributed by atoms with Gasteiger partial charge in [-0.1, -0.05) is 78.9 Å². The molecular weight excluding hydrogens is 370 g/mol. The van der Waals surface area contributed by atoms with Gasteiger partial charge in [-0.05, 0) is 35.6 Å². The largest absolute Gasteiger partial charge is 0.300 e. The third-order valence-corrected chi connectivity index (χ3v) is 5.80. The lowest BCUT2D eigenvalue weighted by Crippen LogP contribution is -2.29. The molecule has 1 atom stereocenters. The predicted octanol–water partition coefficient (Wildman–Crippen LogP) is 6.12. The number of benzene rings is 4. The van der Waals surface area contributed by atoms with E-state index in [4.69, 9.17) is 0 Å². The Hall–Kier alpha value is -3.72. The topological polar surface area (TPSA) is 37.4 Å². The Morgan fingerprint density at radius 2 is 1.57 bits per heavy atom. The molecule has 1 unspecified atom stereocenters. The van der Waals surface area contributed by atoms with Crippen molar-refractivity contribution in [3.63, 3.8) is 0 Å². The summed E-state index contributed by atoms with van der Waals surface area (Å²) in [5.74, 6) is -0.0146. The molecule has 146 valence electrons. The summed E-state index contributed by atoms with van der Waals surface area (Å²) in [6.45, 7) is 2.04. The maximum atomic E-state index is 13.5. The van der Waals surface area contributed by atoms with Crippen LogP contribution in [0.25, 0.3) is 10.8 Å². The van der Waals surface area contributed by atoms with Crippen LogP contribution in [0.5, 0.6) is 0 Å². The van der Waals surface area contributed by atoms with Crippen LogP contribution in [0.4, 0.5) is 5.69 Å². The van der Waals surface area contributed by atoms with Crippen LogP contribution >= 0.6 is 0 Å². The quantitative estimate of drug-likeness (QED) is 0.393. The van der Waals surface area contributed by atoms with Crippen LogP contribution in [-0.2, 0) is 0 Å². The summed E-state index contributed by atoms with van der Waals surface area (Å²) in [6.07, 6.45) is 0.245. The molecule has 0 aromatic heterocycles. The molecule has 0 saturated carbocycles. The van der Waals surface area contributed by atoms with E-state index in [2.05, 4.69) is 12.1 Å². The molecule has 0 spiro atoms. The Morgan fingerprint density at radius 1 is 0.867 bits per heavy atom. The second-order valence-electron chi connectivity index (χ2n) is 7.78. The molecule has 1 heterocycles. The van der Waals surface area contributed by atoms with Crippen LogP contribution in [-0.4, -0.2) is 11.7 Å². The van der Waals surface area contributed by atoms with Crippen molar-refractivity contribution in [2.45, 2.75) is 19.4 Å². The highest BCUT2D eigenvalue weighted by Crippen LogP contribution is 2.42. The Kier molecular flexibility index (Phi) is 4.44. The maximum absolute atomic E-state index is 13.5. The van der Waals surface area contributed by atoms with E-state index in [0.717, 1.165) is 27.6 Å². The molecule has 0 radical (unpaired) electrons. The number of anilines is 1. The van der Waals surface area contributed by atoms with Gasteiger partial charge in [-0.25, -0.2) is 0 Å². The number of aryl methyl sites for hydroxylation is 1. The first-order valence-corrected chi connectivity index (χ1v) is 10.1. The van der Waals surface area contributed by atoms with E-state index in [9.17, 15) is 9.59 Å². The Labute approximate surface area is 175 Å². The van der Waals surface area contributed by atoms with Crippen molar-refractivity contribution in [1.82, 2.24) is 0 Å². The maximum Gasteiger partial charge on any atom is 0.259 e. The van der Waals surface area contributed by atoms with E-state index in [1.807, 2.05) is 90.7 Å². The van der Waals surface area contributed by atoms with E-state index in [1.54, 1.807) is 0 Å². The van der Waals surface area contributed by atoms with E-state index in [0.29, 0.717) is 11.1 Å². The van der Waals surface area contributed by atoms with Crippen molar-refractivity contribution < 1.29 is 9.59 Å². The Balaban J connectivity index is 1.65. The van der Waals surface area contributed by atoms with Crippen LogP contribution in [0, 0.1) is 6.92 Å². The lowest BCUT2D eigenvalue weighted by atomic mass is 9.96. The van der Waals surface area contributed by atoms with Gasteiger partial charge < -0.3 is 0 Å². The van der Waals surface area contributed by atoms with Gasteiger partial charge in [0.15, 0.2) is 5.78 Å². The monoisotopic (exact) mass is 391 g/mol. The molecule has 1 aliphatic heterocycles. The minimum absolute atomic E-state index is 0.0343. The van der Waals surface area contributed by atoms with Crippen molar-refractivity contribution in [2.24, 2.45) is 0 Å². The summed E-state index contributed by atoms with van der Waals surface area (Å²) in [5, 5.41) is 2.10. The van der Waals surface area contributed by atoms with Crippen LogP contribution in [0.3, 0.4) is 0 Å². The molecule has 0 aliphatic carbocycles. The van der Waals surface area contributed by atoms with E-state index in [-0.39, 0.29) is 24.2 Å². The minimum Gasteiger partial charge on any atom is -0.300 e. The fourth-order valence-corrected chi connectivity index (χ4v) is 4.42. The second-order valence-corrected chi connectivity index (χ2v) is 7.78. The van der Waals surface area contributed by atoms with Gasteiger partial charge in [-0.15, -0.1) is 0 Å². The number of carbonyl (C=O) groups is 2. The van der Waals surface area contributed by atoms with Gasteiger partial charge in [0.1, 0.15) is 0 Å². The molecule has 3 nitrogen and oxygen atoms in total. The highest BCUT2D eigenvalue weighted by Gasteiger charge is 2.39. The van der Waals surface area contributed by atoms with Gasteiger partial charge >= 0.3 is 0 Å². The molecule has 30 heavy (non-hydrogen) atoms. The van der Waals surface area contributed by atoms with Crippen molar-refractivity contribution in [2.75, 3.05) is 4.90 Å². The predicted molar refractivity (Wildman–Crippen MR) is 120 cm³/mol. The molecule has 3 heteroatoms. The van der Waals surface area contributed by atoms with Crippen LogP contribution in [0.2, 0.25) is 0 Å². The van der Waals surface area contributed by atoms with Crippen molar-refractivity contribution in [3.05, 3.63) is 113 Å². The van der Waals surface area contributed by atoms with Gasteiger partial charge in [0.2, 0.25) is 0 Å². The zero-order valence-corrected chi connectivity index (χ0v) is 16.7. The number of amides is 1. The van der Waals surface area contributed by atoms with Gasteiger partial charge in [-0.3, -0.25) is 14.5 Å². The molecule has 4 aromatic carbocycles. The molecule has 0 bridgehead atoms. The highest BCUT2D eigenvalue weighted by atomic mass is 16.2. The molecule has 0 saturated heterocycles. The number of ketones is 1. The number of hydrogen-bond donors (Lipinski definition) is 0. The van der Waals surface area contributed by atoms with Crippen molar-refractivity contribution >= 4 is 28.2 Å².